The van der Waals surface area contributed by atoms with Gasteiger partial charge < -0.3 is 10.2 Å². The number of carbonyl (C=O) groups excluding carboxylic acids is 1. The minimum atomic E-state index is 0. The van der Waals surface area contributed by atoms with Gasteiger partial charge in [-0.3, -0.25) is 4.79 Å². The monoisotopic (exact) mass is 295 g/mol. The van der Waals surface area contributed by atoms with Gasteiger partial charge in [0.05, 0.1) is 5.52 Å². The van der Waals surface area contributed by atoms with Crippen molar-refractivity contribution in [1.29, 1.82) is 0 Å². The molecule has 108 valence electrons. The van der Waals surface area contributed by atoms with E-state index in [9.17, 15) is 4.79 Å². The number of hydrogen-bond donors (Lipinski definition) is 1. The second kappa shape index (κ2) is 5.76. The number of amides is 1. The summed E-state index contributed by atoms with van der Waals surface area (Å²) in [7, 11) is 1.84. The highest BCUT2D eigenvalue weighted by Gasteiger charge is 2.24. The molecule has 0 saturated carbocycles. The molecule has 1 amide bonds. The maximum absolute atomic E-state index is 12.5. The summed E-state index contributed by atoms with van der Waals surface area (Å²) in [5, 5.41) is 11.3. The molecule has 1 saturated heterocycles. The predicted molar refractivity (Wildman–Crippen MR) is 79.1 cm³/mol. The maximum atomic E-state index is 12.5. The molecule has 0 radical (unpaired) electrons. The number of piperazine rings is 1. The van der Waals surface area contributed by atoms with Crippen molar-refractivity contribution in [2.24, 2.45) is 7.05 Å². The summed E-state index contributed by atoms with van der Waals surface area (Å²) in [6, 6.07) is 5.79. The lowest BCUT2D eigenvalue weighted by atomic mass is 10.1. The van der Waals surface area contributed by atoms with Crippen LogP contribution in [0.2, 0.25) is 0 Å². The lowest BCUT2D eigenvalue weighted by Crippen LogP contribution is -2.52. The smallest absolute Gasteiger partial charge is 0.254 e. The zero-order valence-electron chi connectivity index (χ0n) is 11.5. The lowest BCUT2D eigenvalue weighted by Gasteiger charge is -2.34. The van der Waals surface area contributed by atoms with E-state index in [1.165, 1.54) is 0 Å². The molecule has 1 aromatic heterocycles. The van der Waals surface area contributed by atoms with E-state index in [-0.39, 0.29) is 24.4 Å². The molecular formula is C13H18ClN5O. The van der Waals surface area contributed by atoms with Crippen molar-refractivity contribution in [2.45, 2.75) is 13.0 Å². The lowest BCUT2D eigenvalue weighted by molar-refractivity contribution is 0.0656. The van der Waals surface area contributed by atoms with Crippen molar-refractivity contribution in [3.8, 4) is 0 Å². The summed E-state index contributed by atoms with van der Waals surface area (Å²) in [6.45, 7) is 4.51. The van der Waals surface area contributed by atoms with Gasteiger partial charge in [-0.25, -0.2) is 4.68 Å². The molecular weight excluding hydrogens is 278 g/mol. The minimum Gasteiger partial charge on any atom is -0.333 e. The molecule has 6 nitrogen and oxygen atoms in total. The van der Waals surface area contributed by atoms with Gasteiger partial charge in [0.25, 0.3) is 5.91 Å². The van der Waals surface area contributed by atoms with Crippen molar-refractivity contribution in [3.63, 3.8) is 0 Å². The Morgan fingerprint density at radius 1 is 1.45 bits per heavy atom. The quantitative estimate of drug-likeness (QED) is 0.846. The summed E-state index contributed by atoms with van der Waals surface area (Å²) in [6.07, 6.45) is 0. The largest absolute Gasteiger partial charge is 0.333 e. The van der Waals surface area contributed by atoms with Gasteiger partial charge in [0.15, 0.2) is 0 Å². The van der Waals surface area contributed by atoms with Crippen LogP contribution in [0.25, 0.3) is 11.0 Å². The molecule has 2 aromatic rings. The Morgan fingerprint density at radius 2 is 2.25 bits per heavy atom. The molecule has 3 rings (SSSR count). The number of carbonyl (C=O) groups is 1. The Morgan fingerprint density at radius 3 is 3.00 bits per heavy atom. The van der Waals surface area contributed by atoms with Gasteiger partial charge in [0.2, 0.25) is 0 Å². The van der Waals surface area contributed by atoms with Crippen molar-refractivity contribution in [1.82, 2.24) is 25.2 Å². The normalized spacial score (nSPS) is 18.9. The van der Waals surface area contributed by atoms with Crippen LogP contribution >= 0.6 is 12.4 Å². The Labute approximate surface area is 123 Å². The van der Waals surface area contributed by atoms with E-state index in [0.29, 0.717) is 5.56 Å². The van der Waals surface area contributed by atoms with Crippen LogP contribution in [0.15, 0.2) is 18.2 Å². The predicted octanol–water partition coefficient (Wildman–Crippen LogP) is 0.824. The minimum absolute atomic E-state index is 0. The van der Waals surface area contributed by atoms with Crippen LogP contribution in [0.5, 0.6) is 0 Å². The van der Waals surface area contributed by atoms with Crippen LogP contribution in [-0.4, -0.2) is 51.5 Å². The molecule has 1 aliphatic rings. The fourth-order valence-corrected chi connectivity index (χ4v) is 2.48. The van der Waals surface area contributed by atoms with Gasteiger partial charge in [-0.2, -0.15) is 0 Å². The first-order valence-corrected chi connectivity index (χ1v) is 6.48. The highest BCUT2D eigenvalue weighted by Crippen LogP contribution is 2.16. The molecule has 2 heterocycles. The number of aryl methyl sites for hydroxylation is 1. The highest BCUT2D eigenvalue weighted by atomic mass is 35.5. The van der Waals surface area contributed by atoms with Crippen molar-refractivity contribution in [2.75, 3.05) is 19.6 Å². The molecule has 0 spiro atoms. The first-order valence-electron chi connectivity index (χ1n) is 6.48. The first kappa shape index (κ1) is 14.7. The number of nitrogens with one attached hydrogen (secondary N) is 1. The maximum Gasteiger partial charge on any atom is 0.254 e. The number of nitrogens with zero attached hydrogens (tertiary/aromatic N) is 4. The van der Waals surface area contributed by atoms with Crippen LogP contribution in [0.3, 0.4) is 0 Å². The van der Waals surface area contributed by atoms with Crippen LogP contribution in [0.1, 0.15) is 17.3 Å². The Hall–Kier alpha value is -1.66. The fourth-order valence-electron chi connectivity index (χ4n) is 2.48. The van der Waals surface area contributed by atoms with E-state index in [1.54, 1.807) is 4.68 Å². The van der Waals surface area contributed by atoms with E-state index >= 15 is 0 Å². The number of rotatable bonds is 1. The van der Waals surface area contributed by atoms with Gasteiger partial charge in [-0.05, 0) is 25.1 Å². The van der Waals surface area contributed by atoms with E-state index in [2.05, 4.69) is 22.6 Å². The zero-order chi connectivity index (χ0) is 13.4. The Kier molecular flexibility index (Phi) is 4.25. The third-order valence-electron chi connectivity index (χ3n) is 3.62. The molecule has 20 heavy (non-hydrogen) atoms. The third kappa shape index (κ3) is 2.48. The van der Waals surface area contributed by atoms with Gasteiger partial charge in [0, 0.05) is 38.3 Å². The second-order valence-corrected chi connectivity index (χ2v) is 4.97. The van der Waals surface area contributed by atoms with Crippen molar-refractivity contribution < 1.29 is 4.79 Å². The van der Waals surface area contributed by atoms with Crippen molar-refractivity contribution >= 4 is 29.3 Å². The van der Waals surface area contributed by atoms with Crippen LogP contribution < -0.4 is 5.32 Å². The molecule has 1 aliphatic heterocycles. The third-order valence-corrected chi connectivity index (χ3v) is 3.62. The summed E-state index contributed by atoms with van der Waals surface area (Å²) in [5.74, 6) is 0.0709. The van der Waals surface area contributed by atoms with Crippen LogP contribution in [-0.2, 0) is 7.05 Å². The summed E-state index contributed by atoms with van der Waals surface area (Å²) < 4.78 is 1.71. The Balaban J connectivity index is 0.00000147. The van der Waals surface area contributed by atoms with Gasteiger partial charge in [-0.15, -0.1) is 17.5 Å². The topological polar surface area (TPSA) is 63.1 Å². The van der Waals surface area contributed by atoms with E-state index in [0.717, 1.165) is 30.7 Å². The molecule has 1 atom stereocenters. The second-order valence-electron chi connectivity index (χ2n) is 4.97. The molecule has 0 unspecified atom stereocenters. The molecule has 1 aromatic carbocycles. The Bertz CT molecular complexity index is 626. The van der Waals surface area contributed by atoms with Gasteiger partial charge >= 0.3 is 0 Å². The van der Waals surface area contributed by atoms with Gasteiger partial charge in [0.1, 0.15) is 5.52 Å². The van der Waals surface area contributed by atoms with E-state index in [1.807, 2.05) is 30.1 Å². The number of hydrogen-bond acceptors (Lipinski definition) is 4. The summed E-state index contributed by atoms with van der Waals surface area (Å²) in [5.41, 5.74) is 2.38. The molecule has 0 aliphatic carbocycles. The molecule has 0 bridgehead atoms. The van der Waals surface area contributed by atoms with Crippen molar-refractivity contribution in [3.05, 3.63) is 23.8 Å². The average Bonchev–Trinajstić information content (AvgIpc) is 2.80. The summed E-state index contributed by atoms with van der Waals surface area (Å²) in [4.78, 5) is 14.4. The average molecular weight is 296 g/mol. The first-order chi connectivity index (χ1) is 9.16. The van der Waals surface area contributed by atoms with Crippen LogP contribution in [0, 0.1) is 0 Å². The number of halogens is 1. The SMILES string of the molecule is C[C@@H]1CNCCN1C(=O)c1ccc2c(c1)nnn2C.Cl. The number of aromatic nitrogens is 3. The standard InChI is InChI=1S/C13H17N5O.ClH/c1-9-8-14-5-6-18(9)13(19)10-3-4-12-11(7-10)15-16-17(12)2;/h3-4,7,9,14H,5-6,8H2,1-2H3;1H/t9-;/m1./s1. The van der Waals surface area contributed by atoms with E-state index < -0.39 is 0 Å². The number of benzene rings is 1. The van der Waals surface area contributed by atoms with Crippen LogP contribution in [0.4, 0.5) is 0 Å². The fraction of sp³-hybridized carbons (Fsp3) is 0.462. The van der Waals surface area contributed by atoms with E-state index in [4.69, 9.17) is 0 Å². The zero-order valence-corrected chi connectivity index (χ0v) is 12.4. The molecule has 1 N–H and O–H groups in total. The molecule has 1 fully saturated rings. The molecule has 7 heteroatoms. The number of fused-ring (bicyclic) bond motifs is 1. The highest BCUT2D eigenvalue weighted by molar-refractivity contribution is 5.97. The summed E-state index contributed by atoms with van der Waals surface area (Å²) >= 11 is 0. The van der Waals surface area contributed by atoms with Gasteiger partial charge in [-0.1, -0.05) is 5.21 Å².